The Morgan fingerprint density at radius 2 is 2.24 bits per heavy atom. The minimum absolute atomic E-state index is 0.0799. The fourth-order valence-electron chi connectivity index (χ4n) is 2.21. The predicted molar refractivity (Wildman–Crippen MR) is 61.7 cm³/mol. The molecule has 0 saturated carbocycles. The number of hydrogen-bond donors (Lipinski definition) is 3. The van der Waals surface area contributed by atoms with Crippen molar-refractivity contribution in [1.29, 1.82) is 0 Å². The second-order valence-electron chi connectivity index (χ2n) is 4.24. The van der Waals surface area contributed by atoms with Gasteiger partial charge in [-0.25, -0.2) is 4.98 Å². The molecule has 2 atom stereocenters. The number of ether oxygens (including phenoxy) is 1. The molecule has 17 heavy (non-hydrogen) atoms. The molecule has 2 unspecified atom stereocenters. The summed E-state index contributed by atoms with van der Waals surface area (Å²) in [6.45, 7) is 2.71. The first-order chi connectivity index (χ1) is 8.15. The van der Waals surface area contributed by atoms with Crippen molar-refractivity contribution in [2.75, 3.05) is 12.3 Å². The van der Waals surface area contributed by atoms with E-state index < -0.39 is 0 Å². The van der Waals surface area contributed by atoms with E-state index in [1.165, 1.54) is 0 Å². The van der Waals surface area contributed by atoms with Gasteiger partial charge in [0, 0.05) is 12.5 Å². The molecule has 7 nitrogen and oxygen atoms in total. The van der Waals surface area contributed by atoms with Crippen LogP contribution in [-0.2, 0) is 4.74 Å². The largest absolute Gasteiger partial charge is 0.378 e. The molecular weight excluding hydrogens is 222 g/mol. The van der Waals surface area contributed by atoms with E-state index in [2.05, 4.69) is 19.9 Å². The lowest BCUT2D eigenvalue weighted by Crippen LogP contribution is -2.11. The number of nitrogens with one attached hydrogen (secondary N) is 2. The van der Waals surface area contributed by atoms with Crippen LogP contribution < -0.4 is 11.3 Å². The van der Waals surface area contributed by atoms with Crippen LogP contribution in [0.25, 0.3) is 11.2 Å². The van der Waals surface area contributed by atoms with Gasteiger partial charge in [0.05, 0.1) is 6.10 Å². The first-order valence-electron chi connectivity index (χ1n) is 5.52. The highest BCUT2D eigenvalue weighted by atomic mass is 16.5. The lowest BCUT2D eigenvalue weighted by Gasteiger charge is -2.09. The molecule has 2 aromatic heterocycles. The summed E-state index contributed by atoms with van der Waals surface area (Å²) in [4.78, 5) is 25.4. The van der Waals surface area contributed by atoms with Crippen LogP contribution in [0.3, 0.4) is 0 Å². The fourth-order valence-corrected chi connectivity index (χ4v) is 2.21. The monoisotopic (exact) mass is 235 g/mol. The normalized spacial score (nSPS) is 24.5. The Morgan fingerprint density at radius 1 is 1.41 bits per heavy atom. The van der Waals surface area contributed by atoms with Crippen molar-refractivity contribution in [1.82, 2.24) is 19.9 Å². The zero-order valence-corrected chi connectivity index (χ0v) is 9.36. The minimum atomic E-state index is -0.294. The van der Waals surface area contributed by atoms with Crippen molar-refractivity contribution < 1.29 is 4.74 Å². The average Bonchev–Trinajstić information content (AvgIpc) is 2.83. The van der Waals surface area contributed by atoms with Gasteiger partial charge in [0.1, 0.15) is 5.82 Å². The summed E-state index contributed by atoms with van der Waals surface area (Å²) >= 11 is 0. The third-order valence-electron chi connectivity index (χ3n) is 3.13. The molecule has 1 aliphatic heterocycles. The molecular formula is C10H13N5O2. The number of nitrogens with zero attached hydrogens (tertiary/aromatic N) is 2. The van der Waals surface area contributed by atoms with Crippen molar-refractivity contribution in [3.05, 3.63) is 16.2 Å². The summed E-state index contributed by atoms with van der Waals surface area (Å²) in [6.07, 6.45) is 1.00. The number of rotatable bonds is 1. The predicted octanol–water partition coefficient (Wildman–Crippen LogP) is 0.121. The van der Waals surface area contributed by atoms with Gasteiger partial charge in [-0.3, -0.25) is 9.78 Å². The van der Waals surface area contributed by atoms with Crippen LogP contribution in [0.5, 0.6) is 0 Å². The number of H-pyrrole nitrogens is 2. The lowest BCUT2D eigenvalue weighted by molar-refractivity contribution is 0.117. The average molecular weight is 235 g/mol. The quantitative estimate of drug-likeness (QED) is 0.650. The first kappa shape index (κ1) is 10.3. The number of anilines is 1. The SMILES string of the molecule is CC1OCCC1c1nc2nc(N)[nH]c(=O)c2[nH]1. The standard InChI is InChI=1S/C10H13N5O2/c1-4-5(2-3-17-4)7-12-6-8(13-7)14-10(11)15-9(6)16/h4-5H,2-3H2,1H3,(H4,11,12,13,14,15,16). The van der Waals surface area contributed by atoms with E-state index in [-0.39, 0.29) is 23.5 Å². The van der Waals surface area contributed by atoms with Crippen molar-refractivity contribution in [3.63, 3.8) is 0 Å². The number of hydrogen-bond acceptors (Lipinski definition) is 5. The Kier molecular flexibility index (Phi) is 2.15. The summed E-state index contributed by atoms with van der Waals surface area (Å²) in [5.74, 6) is 1.01. The Hall–Kier alpha value is -1.89. The molecule has 7 heteroatoms. The maximum atomic E-state index is 11.6. The van der Waals surface area contributed by atoms with Crippen LogP contribution in [0.1, 0.15) is 25.1 Å². The highest BCUT2D eigenvalue weighted by Crippen LogP contribution is 2.29. The van der Waals surface area contributed by atoms with E-state index >= 15 is 0 Å². The molecule has 1 saturated heterocycles. The summed E-state index contributed by atoms with van der Waals surface area (Å²) in [5, 5.41) is 0. The van der Waals surface area contributed by atoms with E-state index in [1.54, 1.807) is 0 Å². The first-order valence-corrected chi connectivity index (χ1v) is 5.52. The van der Waals surface area contributed by atoms with E-state index in [4.69, 9.17) is 10.5 Å². The second kappa shape index (κ2) is 3.56. The zero-order valence-electron chi connectivity index (χ0n) is 9.36. The number of aromatic nitrogens is 4. The van der Waals surface area contributed by atoms with Gasteiger partial charge in [-0.05, 0) is 13.3 Å². The van der Waals surface area contributed by atoms with Crippen LogP contribution in [0.4, 0.5) is 5.95 Å². The second-order valence-corrected chi connectivity index (χ2v) is 4.24. The molecule has 0 amide bonds. The van der Waals surface area contributed by atoms with Crippen LogP contribution in [-0.4, -0.2) is 32.6 Å². The Morgan fingerprint density at radius 3 is 2.94 bits per heavy atom. The minimum Gasteiger partial charge on any atom is -0.378 e. The van der Waals surface area contributed by atoms with Gasteiger partial charge in [0.2, 0.25) is 5.95 Å². The highest BCUT2D eigenvalue weighted by Gasteiger charge is 2.29. The van der Waals surface area contributed by atoms with E-state index in [0.29, 0.717) is 11.2 Å². The molecule has 4 N–H and O–H groups in total. The topological polar surface area (TPSA) is 110 Å². The van der Waals surface area contributed by atoms with Gasteiger partial charge in [-0.1, -0.05) is 0 Å². The maximum absolute atomic E-state index is 11.6. The van der Waals surface area contributed by atoms with Gasteiger partial charge in [0.15, 0.2) is 11.2 Å². The Balaban J connectivity index is 2.13. The van der Waals surface area contributed by atoms with Gasteiger partial charge in [0.25, 0.3) is 5.56 Å². The molecule has 0 radical (unpaired) electrons. The highest BCUT2D eigenvalue weighted by molar-refractivity contribution is 5.70. The van der Waals surface area contributed by atoms with Crippen molar-refractivity contribution in [2.24, 2.45) is 0 Å². The number of fused-ring (bicyclic) bond motifs is 1. The molecule has 3 heterocycles. The van der Waals surface area contributed by atoms with Crippen molar-refractivity contribution in [2.45, 2.75) is 25.4 Å². The third-order valence-corrected chi connectivity index (χ3v) is 3.13. The molecule has 1 fully saturated rings. The number of aromatic amines is 2. The molecule has 0 aromatic carbocycles. The molecule has 0 bridgehead atoms. The van der Waals surface area contributed by atoms with Crippen LogP contribution in [0.15, 0.2) is 4.79 Å². The number of nitrogens with two attached hydrogens (primary N) is 1. The summed E-state index contributed by atoms with van der Waals surface area (Å²) in [6, 6.07) is 0. The molecule has 0 aliphatic carbocycles. The van der Waals surface area contributed by atoms with Crippen LogP contribution >= 0.6 is 0 Å². The van der Waals surface area contributed by atoms with E-state index in [9.17, 15) is 4.79 Å². The molecule has 1 aliphatic rings. The van der Waals surface area contributed by atoms with Crippen molar-refractivity contribution in [3.8, 4) is 0 Å². The molecule has 3 rings (SSSR count). The summed E-state index contributed by atoms with van der Waals surface area (Å²) in [5.41, 5.74) is 5.91. The molecule has 90 valence electrons. The number of nitrogen functional groups attached to an aromatic ring is 1. The van der Waals surface area contributed by atoms with Gasteiger partial charge in [-0.15, -0.1) is 0 Å². The van der Waals surface area contributed by atoms with Crippen LogP contribution in [0.2, 0.25) is 0 Å². The molecule has 0 spiro atoms. The Labute approximate surface area is 96.4 Å². The van der Waals surface area contributed by atoms with Crippen molar-refractivity contribution >= 4 is 17.1 Å². The van der Waals surface area contributed by atoms with Gasteiger partial charge in [-0.2, -0.15) is 4.98 Å². The summed E-state index contributed by atoms with van der Waals surface area (Å²) < 4.78 is 5.48. The maximum Gasteiger partial charge on any atom is 0.278 e. The van der Waals surface area contributed by atoms with Gasteiger partial charge >= 0.3 is 0 Å². The zero-order chi connectivity index (χ0) is 12.0. The fraction of sp³-hybridized carbons (Fsp3) is 0.500. The third kappa shape index (κ3) is 1.59. The summed E-state index contributed by atoms with van der Waals surface area (Å²) in [7, 11) is 0. The van der Waals surface area contributed by atoms with E-state index in [0.717, 1.165) is 18.9 Å². The smallest absolute Gasteiger partial charge is 0.278 e. The number of imidazole rings is 1. The molecule has 2 aromatic rings. The van der Waals surface area contributed by atoms with E-state index in [1.807, 2.05) is 6.92 Å². The Bertz CT molecular complexity index is 617. The lowest BCUT2D eigenvalue weighted by atomic mass is 10.0. The van der Waals surface area contributed by atoms with Gasteiger partial charge < -0.3 is 15.5 Å². The van der Waals surface area contributed by atoms with Crippen LogP contribution in [0, 0.1) is 0 Å².